The SMILES string of the molecule is CCc1cc(NCC(C)Oc2cccc(F)c2)nc(C)n1. The van der Waals surface area contributed by atoms with Crippen molar-refractivity contribution in [1.29, 1.82) is 0 Å². The molecule has 0 aliphatic heterocycles. The highest BCUT2D eigenvalue weighted by atomic mass is 19.1. The van der Waals surface area contributed by atoms with E-state index in [0.717, 1.165) is 23.8 Å². The number of aromatic nitrogens is 2. The summed E-state index contributed by atoms with van der Waals surface area (Å²) in [5, 5.41) is 3.22. The Morgan fingerprint density at radius 3 is 2.81 bits per heavy atom. The second kappa shape index (κ2) is 7.02. The minimum Gasteiger partial charge on any atom is -0.489 e. The molecule has 0 radical (unpaired) electrons. The quantitative estimate of drug-likeness (QED) is 0.885. The second-order valence-corrected chi connectivity index (χ2v) is 4.91. The minimum atomic E-state index is -0.299. The highest BCUT2D eigenvalue weighted by Gasteiger charge is 2.06. The number of rotatable bonds is 6. The van der Waals surface area contributed by atoms with E-state index in [-0.39, 0.29) is 11.9 Å². The average Bonchev–Trinajstić information content (AvgIpc) is 2.44. The van der Waals surface area contributed by atoms with Gasteiger partial charge in [0.2, 0.25) is 0 Å². The van der Waals surface area contributed by atoms with Gasteiger partial charge in [-0.15, -0.1) is 0 Å². The molecule has 1 atom stereocenters. The fourth-order valence-electron chi connectivity index (χ4n) is 1.96. The van der Waals surface area contributed by atoms with Crippen LogP contribution in [-0.4, -0.2) is 22.6 Å². The van der Waals surface area contributed by atoms with Crippen molar-refractivity contribution < 1.29 is 9.13 Å². The van der Waals surface area contributed by atoms with Crippen LogP contribution in [0.5, 0.6) is 5.75 Å². The Bertz CT molecular complexity index is 604. The zero-order chi connectivity index (χ0) is 15.2. The monoisotopic (exact) mass is 289 g/mol. The van der Waals surface area contributed by atoms with Crippen LogP contribution >= 0.6 is 0 Å². The van der Waals surface area contributed by atoms with Crippen LogP contribution in [0, 0.1) is 12.7 Å². The summed E-state index contributed by atoms with van der Waals surface area (Å²) in [7, 11) is 0. The third kappa shape index (κ3) is 4.70. The minimum absolute atomic E-state index is 0.104. The number of ether oxygens (including phenoxy) is 1. The van der Waals surface area contributed by atoms with Crippen LogP contribution in [-0.2, 0) is 6.42 Å². The molecule has 1 aromatic carbocycles. The fourth-order valence-corrected chi connectivity index (χ4v) is 1.96. The molecule has 0 saturated carbocycles. The van der Waals surface area contributed by atoms with Gasteiger partial charge >= 0.3 is 0 Å². The zero-order valence-electron chi connectivity index (χ0n) is 12.6. The van der Waals surface area contributed by atoms with Crippen LogP contribution in [0.1, 0.15) is 25.4 Å². The number of anilines is 1. The van der Waals surface area contributed by atoms with Crippen LogP contribution < -0.4 is 10.1 Å². The predicted octanol–water partition coefficient (Wildman–Crippen LogP) is 3.37. The van der Waals surface area contributed by atoms with Crippen molar-refractivity contribution in [3.8, 4) is 5.75 Å². The molecule has 0 amide bonds. The Morgan fingerprint density at radius 2 is 2.10 bits per heavy atom. The fraction of sp³-hybridized carbons (Fsp3) is 0.375. The van der Waals surface area contributed by atoms with Crippen molar-refractivity contribution in [2.75, 3.05) is 11.9 Å². The van der Waals surface area contributed by atoms with Crippen molar-refractivity contribution >= 4 is 5.82 Å². The molecular formula is C16H20FN3O. The lowest BCUT2D eigenvalue weighted by Crippen LogP contribution is -2.23. The summed E-state index contributed by atoms with van der Waals surface area (Å²) in [5.41, 5.74) is 1.00. The van der Waals surface area contributed by atoms with Crippen molar-refractivity contribution in [3.63, 3.8) is 0 Å². The second-order valence-electron chi connectivity index (χ2n) is 4.91. The first-order valence-electron chi connectivity index (χ1n) is 7.07. The maximum absolute atomic E-state index is 13.1. The van der Waals surface area contributed by atoms with E-state index in [2.05, 4.69) is 22.2 Å². The first-order valence-corrected chi connectivity index (χ1v) is 7.07. The van der Waals surface area contributed by atoms with Gasteiger partial charge in [-0.25, -0.2) is 14.4 Å². The van der Waals surface area contributed by atoms with Gasteiger partial charge in [0.05, 0.1) is 6.54 Å². The molecule has 5 heteroatoms. The topological polar surface area (TPSA) is 47.0 Å². The first kappa shape index (κ1) is 15.2. The molecule has 1 aromatic heterocycles. The lowest BCUT2D eigenvalue weighted by atomic mass is 10.3. The molecule has 21 heavy (non-hydrogen) atoms. The molecule has 0 bridgehead atoms. The molecule has 0 aliphatic carbocycles. The highest BCUT2D eigenvalue weighted by molar-refractivity contribution is 5.36. The van der Waals surface area contributed by atoms with Gasteiger partial charge in [0.15, 0.2) is 0 Å². The van der Waals surface area contributed by atoms with Gasteiger partial charge in [-0.05, 0) is 32.4 Å². The van der Waals surface area contributed by atoms with Gasteiger partial charge in [-0.1, -0.05) is 13.0 Å². The third-order valence-corrected chi connectivity index (χ3v) is 2.96. The largest absolute Gasteiger partial charge is 0.489 e. The number of aryl methyl sites for hydroxylation is 2. The van der Waals surface area contributed by atoms with E-state index in [0.29, 0.717) is 12.3 Å². The summed E-state index contributed by atoms with van der Waals surface area (Å²) < 4.78 is 18.7. The van der Waals surface area contributed by atoms with E-state index in [9.17, 15) is 4.39 Å². The average molecular weight is 289 g/mol. The van der Waals surface area contributed by atoms with E-state index in [1.807, 2.05) is 19.9 Å². The predicted molar refractivity (Wildman–Crippen MR) is 81.1 cm³/mol. The molecule has 0 saturated heterocycles. The molecule has 1 heterocycles. The van der Waals surface area contributed by atoms with Crippen LogP contribution in [0.15, 0.2) is 30.3 Å². The van der Waals surface area contributed by atoms with Crippen LogP contribution in [0.25, 0.3) is 0 Å². The van der Waals surface area contributed by atoms with Crippen LogP contribution in [0.4, 0.5) is 10.2 Å². The summed E-state index contributed by atoms with van der Waals surface area (Å²) in [6.45, 7) is 6.43. The summed E-state index contributed by atoms with van der Waals surface area (Å²) in [4.78, 5) is 8.67. The van der Waals surface area contributed by atoms with Gasteiger partial charge < -0.3 is 10.1 Å². The highest BCUT2D eigenvalue weighted by Crippen LogP contribution is 2.14. The molecular weight excluding hydrogens is 269 g/mol. The van der Waals surface area contributed by atoms with Gasteiger partial charge in [0.1, 0.15) is 29.3 Å². The summed E-state index contributed by atoms with van der Waals surface area (Å²) >= 11 is 0. The normalized spacial score (nSPS) is 12.0. The standard InChI is InChI=1S/C16H20FN3O/c1-4-14-9-16(20-12(3)19-14)18-10-11(2)21-15-7-5-6-13(17)8-15/h5-9,11H,4,10H2,1-3H3,(H,18,19,20). The van der Waals surface area contributed by atoms with Gasteiger partial charge in [0, 0.05) is 17.8 Å². The zero-order valence-corrected chi connectivity index (χ0v) is 12.6. The van der Waals surface area contributed by atoms with Gasteiger partial charge in [-0.3, -0.25) is 0 Å². The molecule has 0 fully saturated rings. The number of hydrogen-bond donors (Lipinski definition) is 1. The lowest BCUT2D eigenvalue weighted by molar-refractivity contribution is 0.233. The molecule has 4 nitrogen and oxygen atoms in total. The van der Waals surface area contributed by atoms with E-state index in [4.69, 9.17) is 4.74 Å². The maximum Gasteiger partial charge on any atom is 0.130 e. The molecule has 112 valence electrons. The summed E-state index contributed by atoms with van der Waals surface area (Å²) in [6.07, 6.45) is 0.764. The molecule has 1 N–H and O–H groups in total. The van der Waals surface area contributed by atoms with Crippen molar-refractivity contribution in [2.45, 2.75) is 33.3 Å². The van der Waals surface area contributed by atoms with E-state index >= 15 is 0 Å². The van der Waals surface area contributed by atoms with E-state index in [1.165, 1.54) is 12.1 Å². The number of halogens is 1. The number of nitrogens with zero attached hydrogens (tertiary/aromatic N) is 2. The first-order chi connectivity index (χ1) is 10.1. The number of nitrogens with one attached hydrogen (secondary N) is 1. The summed E-state index contributed by atoms with van der Waals surface area (Å²) in [5.74, 6) is 1.76. The Balaban J connectivity index is 1.92. The van der Waals surface area contributed by atoms with Crippen molar-refractivity contribution in [3.05, 3.63) is 47.7 Å². The molecule has 0 aliphatic rings. The Hall–Kier alpha value is -2.17. The van der Waals surface area contributed by atoms with Crippen LogP contribution in [0.3, 0.4) is 0 Å². The Morgan fingerprint density at radius 1 is 1.29 bits per heavy atom. The Kier molecular flexibility index (Phi) is 5.09. The van der Waals surface area contributed by atoms with Crippen molar-refractivity contribution in [1.82, 2.24) is 9.97 Å². The van der Waals surface area contributed by atoms with Crippen molar-refractivity contribution in [2.24, 2.45) is 0 Å². The smallest absolute Gasteiger partial charge is 0.130 e. The molecule has 0 spiro atoms. The molecule has 1 unspecified atom stereocenters. The third-order valence-electron chi connectivity index (χ3n) is 2.96. The number of benzene rings is 1. The summed E-state index contributed by atoms with van der Waals surface area (Å²) in [6, 6.07) is 8.07. The van der Waals surface area contributed by atoms with Gasteiger partial charge in [0.25, 0.3) is 0 Å². The van der Waals surface area contributed by atoms with Crippen LogP contribution in [0.2, 0.25) is 0 Å². The maximum atomic E-state index is 13.1. The van der Waals surface area contributed by atoms with Gasteiger partial charge in [-0.2, -0.15) is 0 Å². The van der Waals surface area contributed by atoms with E-state index < -0.39 is 0 Å². The van der Waals surface area contributed by atoms with E-state index in [1.54, 1.807) is 12.1 Å². The molecule has 2 aromatic rings. The lowest BCUT2D eigenvalue weighted by Gasteiger charge is -2.16. The molecule has 2 rings (SSSR count). The number of hydrogen-bond acceptors (Lipinski definition) is 4. The Labute approximate surface area is 124 Å².